The molecule has 5 heteroatoms. The second-order valence-corrected chi connectivity index (χ2v) is 6.30. The Hall–Kier alpha value is -3.86. The number of nitrogens with two attached hydrogens (primary N) is 1. The Labute approximate surface area is 163 Å². The molecular formula is C23H20N4O. The summed E-state index contributed by atoms with van der Waals surface area (Å²) in [5.74, 6) is 2.21. The van der Waals surface area contributed by atoms with E-state index in [1.54, 1.807) is 7.11 Å². The van der Waals surface area contributed by atoms with Gasteiger partial charge in [0.05, 0.1) is 12.6 Å². The second-order valence-electron chi connectivity index (χ2n) is 6.30. The molecule has 0 amide bonds. The molecule has 1 heterocycles. The molecule has 0 atom stereocenters. The van der Waals surface area contributed by atoms with Gasteiger partial charge in [0.2, 0.25) is 0 Å². The number of hydrogen-bond acceptors (Lipinski definition) is 5. The SMILES string of the molecule is COc1ccc(/C=C/c2nc(Nc3ccc(N)cc3)c3ccccc3n2)cc1. The summed E-state index contributed by atoms with van der Waals surface area (Å²) in [5, 5.41) is 4.33. The van der Waals surface area contributed by atoms with E-state index in [1.807, 2.05) is 84.9 Å². The Balaban J connectivity index is 1.68. The van der Waals surface area contributed by atoms with Crippen LogP contribution in [0.25, 0.3) is 23.1 Å². The van der Waals surface area contributed by atoms with Crippen molar-refractivity contribution in [1.82, 2.24) is 9.97 Å². The summed E-state index contributed by atoms with van der Waals surface area (Å²) in [6, 6.07) is 23.3. The Kier molecular flexibility index (Phi) is 4.89. The first-order chi connectivity index (χ1) is 13.7. The molecule has 0 saturated heterocycles. The molecule has 0 radical (unpaired) electrons. The van der Waals surface area contributed by atoms with Crippen LogP contribution in [0.1, 0.15) is 11.4 Å². The molecular weight excluding hydrogens is 348 g/mol. The van der Waals surface area contributed by atoms with E-state index in [2.05, 4.69) is 10.3 Å². The molecule has 138 valence electrons. The van der Waals surface area contributed by atoms with Gasteiger partial charge in [0.1, 0.15) is 11.6 Å². The van der Waals surface area contributed by atoms with Crippen molar-refractivity contribution in [3.8, 4) is 5.75 Å². The Bertz CT molecular complexity index is 1120. The van der Waals surface area contributed by atoms with Gasteiger partial charge in [-0.25, -0.2) is 9.97 Å². The fourth-order valence-corrected chi connectivity index (χ4v) is 2.85. The summed E-state index contributed by atoms with van der Waals surface area (Å²) in [6.45, 7) is 0. The lowest BCUT2D eigenvalue weighted by atomic mass is 10.2. The molecule has 0 bridgehead atoms. The highest BCUT2D eigenvalue weighted by atomic mass is 16.5. The number of fused-ring (bicyclic) bond motifs is 1. The largest absolute Gasteiger partial charge is 0.497 e. The van der Waals surface area contributed by atoms with Gasteiger partial charge >= 0.3 is 0 Å². The van der Waals surface area contributed by atoms with E-state index < -0.39 is 0 Å². The first-order valence-corrected chi connectivity index (χ1v) is 8.93. The zero-order valence-corrected chi connectivity index (χ0v) is 15.5. The molecule has 0 aliphatic rings. The van der Waals surface area contributed by atoms with Gasteiger partial charge in [-0.3, -0.25) is 0 Å². The summed E-state index contributed by atoms with van der Waals surface area (Å²) >= 11 is 0. The number of rotatable bonds is 5. The van der Waals surface area contributed by atoms with E-state index in [9.17, 15) is 0 Å². The minimum absolute atomic E-state index is 0.632. The zero-order chi connectivity index (χ0) is 19.3. The lowest BCUT2D eigenvalue weighted by molar-refractivity contribution is 0.415. The van der Waals surface area contributed by atoms with Crippen LogP contribution in [-0.4, -0.2) is 17.1 Å². The van der Waals surface area contributed by atoms with Crippen molar-refractivity contribution in [1.29, 1.82) is 0 Å². The van der Waals surface area contributed by atoms with Crippen molar-refractivity contribution in [2.45, 2.75) is 0 Å². The Morgan fingerprint density at radius 3 is 2.36 bits per heavy atom. The van der Waals surface area contributed by atoms with Crippen molar-refractivity contribution in [3.05, 3.63) is 84.2 Å². The molecule has 3 N–H and O–H groups in total. The number of anilines is 3. The van der Waals surface area contributed by atoms with E-state index in [4.69, 9.17) is 15.5 Å². The predicted octanol–water partition coefficient (Wildman–Crippen LogP) is 5.13. The topological polar surface area (TPSA) is 73.1 Å². The van der Waals surface area contributed by atoms with Gasteiger partial charge in [-0.15, -0.1) is 0 Å². The molecule has 0 aliphatic carbocycles. The van der Waals surface area contributed by atoms with Gasteiger partial charge < -0.3 is 15.8 Å². The first-order valence-electron chi connectivity index (χ1n) is 8.93. The molecule has 28 heavy (non-hydrogen) atoms. The molecule has 5 nitrogen and oxygen atoms in total. The first kappa shape index (κ1) is 17.5. The van der Waals surface area contributed by atoms with Gasteiger partial charge in [0.15, 0.2) is 5.82 Å². The highest BCUT2D eigenvalue weighted by Gasteiger charge is 2.06. The third kappa shape index (κ3) is 3.94. The van der Waals surface area contributed by atoms with Gasteiger partial charge in [-0.1, -0.05) is 30.3 Å². The van der Waals surface area contributed by atoms with E-state index in [0.29, 0.717) is 5.82 Å². The van der Waals surface area contributed by atoms with E-state index in [0.717, 1.165) is 39.4 Å². The maximum Gasteiger partial charge on any atom is 0.154 e. The minimum atomic E-state index is 0.632. The predicted molar refractivity (Wildman–Crippen MR) is 116 cm³/mol. The van der Waals surface area contributed by atoms with Crippen LogP contribution >= 0.6 is 0 Å². The third-order valence-electron chi connectivity index (χ3n) is 4.33. The normalized spacial score (nSPS) is 11.0. The monoisotopic (exact) mass is 368 g/mol. The number of para-hydroxylation sites is 1. The van der Waals surface area contributed by atoms with Crippen LogP contribution in [0, 0.1) is 0 Å². The highest BCUT2D eigenvalue weighted by Crippen LogP contribution is 2.25. The van der Waals surface area contributed by atoms with Crippen molar-refractivity contribution < 1.29 is 4.74 Å². The maximum absolute atomic E-state index is 5.78. The van der Waals surface area contributed by atoms with Crippen LogP contribution in [-0.2, 0) is 0 Å². The van der Waals surface area contributed by atoms with Crippen LogP contribution in [0.2, 0.25) is 0 Å². The van der Waals surface area contributed by atoms with Crippen molar-refractivity contribution >= 4 is 40.2 Å². The quantitative estimate of drug-likeness (QED) is 0.478. The number of nitrogens with zero attached hydrogens (tertiary/aromatic N) is 2. The minimum Gasteiger partial charge on any atom is -0.497 e. The van der Waals surface area contributed by atoms with E-state index >= 15 is 0 Å². The standard InChI is InChI=1S/C23H20N4O/c1-28-19-13-6-16(7-14-19)8-15-22-26-21-5-3-2-4-20(21)23(27-22)25-18-11-9-17(24)10-12-18/h2-15H,24H2,1H3,(H,25,26,27)/b15-8+. The second kappa shape index (κ2) is 7.80. The lowest BCUT2D eigenvalue weighted by Gasteiger charge is -2.10. The van der Waals surface area contributed by atoms with Crippen LogP contribution < -0.4 is 15.8 Å². The number of hydrogen-bond donors (Lipinski definition) is 2. The fraction of sp³-hybridized carbons (Fsp3) is 0.0435. The van der Waals surface area contributed by atoms with Crippen LogP contribution in [0.4, 0.5) is 17.2 Å². The van der Waals surface area contributed by atoms with Crippen LogP contribution in [0.3, 0.4) is 0 Å². The molecule has 3 aromatic carbocycles. The highest BCUT2D eigenvalue weighted by molar-refractivity contribution is 5.91. The molecule has 0 saturated carbocycles. The summed E-state index contributed by atoms with van der Waals surface area (Å²) < 4.78 is 5.19. The average Bonchev–Trinajstić information content (AvgIpc) is 2.74. The summed E-state index contributed by atoms with van der Waals surface area (Å²) in [5.41, 5.74) is 9.35. The Morgan fingerprint density at radius 2 is 1.61 bits per heavy atom. The van der Waals surface area contributed by atoms with Gasteiger partial charge in [-0.2, -0.15) is 0 Å². The van der Waals surface area contributed by atoms with Crippen LogP contribution in [0.15, 0.2) is 72.8 Å². The summed E-state index contributed by atoms with van der Waals surface area (Å²) in [4.78, 5) is 9.36. The molecule has 0 fully saturated rings. The zero-order valence-electron chi connectivity index (χ0n) is 15.5. The summed E-state index contributed by atoms with van der Waals surface area (Å²) in [6.07, 6.45) is 3.89. The van der Waals surface area contributed by atoms with E-state index in [-0.39, 0.29) is 0 Å². The number of nitrogen functional groups attached to an aromatic ring is 1. The van der Waals surface area contributed by atoms with Gasteiger partial charge in [0.25, 0.3) is 0 Å². The van der Waals surface area contributed by atoms with Crippen molar-refractivity contribution in [2.75, 3.05) is 18.2 Å². The number of methoxy groups -OCH3 is 1. The maximum atomic E-state index is 5.78. The molecule has 0 unspecified atom stereocenters. The molecule has 1 aromatic heterocycles. The fourth-order valence-electron chi connectivity index (χ4n) is 2.85. The van der Waals surface area contributed by atoms with Crippen molar-refractivity contribution in [2.24, 2.45) is 0 Å². The average molecular weight is 368 g/mol. The molecule has 4 aromatic rings. The van der Waals surface area contributed by atoms with Gasteiger partial charge in [-0.05, 0) is 60.2 Å². The number of ether oxygens (including phenoxy) is 1. The molecule has 0 spiro atoms. The number of benzene rings is 3. The molecule has 0 aliphatic heterocycles. The molecule has 4 rings (SSSR count). The third-order valence-corrected chi connectivity index (χ3v) is 4.33. The van der Waals surface area contributed by atoms with Gasteiger partial charge in [0, 0.05) is 16.8 Å². The van der Waals surface area contributed by atoms with Crippen molar-refractivity contribution in [3.63, 3.8) is 0 Å². The number of aromatic nitrogens is 2. The lowest BCUT2D eigenvalue weighted by Crippen LogP contribution is -1.99. The van der Waals surface area contributed by atoms with E-state index in [1.165, 1.54) is 0 Å². The van der Waals surface area contributed by atoms with Crippen LogP contribution in [0.5, 0.6) is 5.75 Å². The Morgan fingerprint density at radius 1 is 0.857 bits per heavy atom. The smallest absolute Gasteiger partial charge is 0.154 e. The number of nitrogens with one attached hydrogen (secondary N) is 1. The summed E-state index contributed by atoms with van der Waals surface area (Å²) in [7, 11) is 1.66.